The maximum absolute atomic E-state index is 13.1. The molecule has 43 heavy (non-hydrogen) atoms. The van der Waals surface area contributed by atoms with Crippen molar-refractivity contribution in [2.45, 2.75) is 101 Å². The van der Waals surface area contributed by atoms with Crippen molar-refractivity contribution >= 4 is 23.8 Å². The van der Waals surface area contributed by atoms with Gasteiger partial charge in [0.15, 0.2) is 23.7 Å². The second-order valence-electron chi connectivity index (χ2n) is 12.1. The molecule has 2 bridgehead atoms. The van der Waals surface area contributed by atoms with E-state index < -0.39 is 47.1 Å². The molecule has 1 spiro atoms. The van der Waals surface area contributed by atoms with Crippen LogP contribution < -0.4 is 21.1 Å². The van der Waals surface area contributed by atoms with Crippen LogP contribution >= 0.6 is 0 Å². The van der Waals surface area contributed by atoms with Crippen molar-refractivity contribution in [1.82, 2.24) is 10.6 Å². The van der Waals surface area contributed by atoms with E-state index in [0.29, 0.717) is 44.4 Å². The number of nitrogens with one attached hydrogen (secondary N) is 2. The molecule has 0 radical (unpaired) electrons. The number of amides is 2. The number of nitrogens with two attached hydrogens (primary N) is 1. The lowest BCUT2D eigenvalue weighted by Crippen LogP contribution is -2.67. The third-order valence-corrected chi connectivity index (χ3v) is 9.39. The fraction of sp³-hybridized carbons (Fsp3) is 0.613. The van der Waals surface area contributed by atoms with Crippen molar-refractivity contribution in [1.29, 1.82) is 0 Å². The van der Waals surface area contributed by atoms with E-state index in [2.05, 4.69) is 10.6 Å². The van der Waals surface area contributed by atoms with Gasteiger partial charge in [-0.3, -0.25) is 14.4 Å². The zero-order valence-corrected chi connectivity index (χ0v) is 24.6. The summed E-state index contributed by atoms with van der Waals surface area (Å²) in [7, 11) is 0. The molecule has 0 aromatic heterocycles. The molecule has 2 amide bonds. The lowest BCUT2D eigenvalue weighted by molar-refractivity contribution is -0.171. The van der Waals surface area contributed by atoms with E-state index in [4.69, 9.17) is 19.9 Å². The average molecular weight is 600 g/mol. The summed E-state index contributed by atoms with van der Waals surface area (Å²) in [6, 6.07) is 2.75. The van der Waals surface area contributed by atoms with Crippen LogP contribution in [0.25, 0.3) is 0 Å². The number of phenolic OH excluding ortho intramolecular Hbond substituents is 1. The number of carbonyl (C=O) groups is 4. The van der Waals surface area contributed by atoms with Gasteiger partial charge >= 0.3 is 11.9 Å². The summed E-state index contributed by atoms with van der Waals surface area (Å²) in [5.41, 5.74) is 5.40. The Labute approximate surface area is 250 Å². The fourth-order valence-electron chi connectivity index (χ4n) is 7.45. The smallest absolute Gasteiger partial charge is 0.352 e. The SMILES string of the molecule is CC(=O)N[C@@H](CCCCN)C(=O)NCCC(=O)O[C@@H](C)C(=O)OC1=CC[C@]2(O)[C@H]3CCC[C@]24c2c(ccc(O)c2O[C@H]14)C3. The number of ether oxygens (including phenoxy) is 3. The largest absolute Gasteiger partial charge is 0.504 e. The first-order valence-electron chi connectivity index (χ1n) is 15.1. The lowest BCUT2D eigenvalue weighted by Gasteiger charge is -2.59. The number of rotatable bonds is 12. The van der Waals surface area contributed by atoms with E-state index in [-0.39, 0.29) is 42.7 Å². The standard InChI is InChI=1S/C31H41N3O9/c1-17(41-24(37)11-15-33-28(38)21(34-18(2)35)7-3-4-14-32)29(39)42-23-10-13-31(40)20-6-5-12-30(31)25-19(16-20)8-9-22(36)26(25)43-27(23)30/h8-10,17,20-21,27,36,40H,3-7,11-16,32H2,1-2H3,(H,33,38)(H,34,35)/t17-,20-,21-,27+,30+,31-/m0/s1. The summed E-state index contributed by atoms with van der Waals surface area (Å²) in [6.45, 7) is 3.16. The lowest BCUT2D eigenvalue weighted by atomic mass is 9.47. The minimum absolute atomic E-state index is 0.0173. The molecule has 12 heteroatoms. The van der Waals surface area contributed by atoms with Crippen molar-refractivity contribution in [3.8, 4) is 11.5 Å². The minimum Gasteiger partial charge on any atom is -0.504 e. The summed E-state index contributed by atoms with van der Waals surface area (Å²) in [5.74, 6) is -1.72. The molecule has 0 unspecified atom stereocenters. The molecule has 6 atom stereocenters. The van der Waals surface area contributed by atoms with Gasteiger partial charge in [0, 0.05) is 19.0 Å². The number of esters is 2. The molecule has 1 fully saturated rings. The summed E-state index contributed by atoms with van der Waals surface area (Å²) in [6.07, 6.45) is 4.55. The number of phenols is 1. The van der Waals surface area contributed by atoms with Gasteiger partial charge in [0.2, 0.25) is 11.8 Å². The van der Waals surface area contributed by atoms with Gasteiger partial charge in [-0.2, -0.15) is 0 Å². The Morgan fingerprint density at radius 3 is 2.77 bits per heavy atom. The van der Waals surface area contributed by atoms with Crippen molar-refractivity contribution in [2.75, 3.05) is 13.1 Å². The zero-order chi connectivity index (χ0) is 30.9. The van der Waals surface area contributed by atoms with Crippen molar-refractivity contribution in [2.24, 2.45) is 11.7 Å². The van der Waals surface area contributed by atoms with Crippen LogP contribution in [0, 0.1) is 5.92 Å². The number of hydrogen-bond donors (Lipinski definition) is 5. The van der Waals surface area contributed by atoms with E-state index in [1.54, 1.807) is 12.1 Å². The topological polar surface area (TPSA) is 187 Å². The minimum atomic E-state index is -1.25. The fourth-order valence-corrected chi connectivity index (χ4v) is 7.45. The van der Waals surface area contributed by atoms with Gasteiger partial charge in [-0.1, -0.05) is 12.5 Å². The average Bonchev–Trinajstić information content (AvgIpc) is 3.30. The number of aliphatic hydroxyl groups is 1. The van der Waals surface area contributed by atoms with E-state index in [0.717, 1.165) is 24.0 Å². The molecule has 5 rings (SSSR count). The Hall–Kier alpha value is -3.64. The first kappa shape index (κ1) is 30.8. The molecule has 4 aliphatic rings. The number of aromatic hydroxyl groups is 1. The second-order valence-corrected chi connectivity index (χ2v) is 12.1. The van der Waals surface area contributed by atoms with Crippen LogP contribution in [0.5, 0.6) is 11.5 Å². The van der Waals surface area contributed by atoms with E-state index in [1.807, 2.05) is 6.07 Å². The molecule has 12 nitrogen and oxygen atoms in total. The first-order valence-corrected chi connectivity index (χ1v) is 15.1. The highest BCUT2D eigenvalue weighted by Crippen LogP contribution is 2.67. The normalized spacial score (nSPS) is 27.5. The van der Waals surface area contributed by atoms with Crippen LogP contribution in [-0.4, -0.2) is 70.9 Å². The van der Waals surface area contributed by atoms with E-state index >= 15 is 0 Å². The van der Waals surface area contributed by atoms with Crippen LogP contribution in [0.2, 0.25) is 0 Å². The van der Waals surface area contributed by atoms with Gasteiger partial charge in [-0.25, -0.2) is 4.79 Å². The molecule has 1 saturated carbocycles. The molecule has 1 aromatic rings. The van der Waals surface area contributed by atoms with Crippen LogP contribution in [0.4, 0.5) is 0 Å². The molecule has 6 N–H and O–H groups in total. The van der Waals surface area contributed by atoms with Gasteiger partial charge < -0.3 is 40.8 Å². The summed E-state index contributed by atoms with van der Waals surface area (Å²) in [5, 5.41) is 27.9. The predicted octanol–water partition coefficient (Wildman–Crippen LogP) is 1.38. The Morgan fingerprint density at radius 2 is 2.02 bits per heavy atom. The number of benzene rings is 1. The Bertz CT molecular complexity index is 1330. The van der Waals surface area contributed by atoms with Crippen LogP contribution in [0.1, 0.15) is 76.3 Å². The molecular formula is C31H41N3O9. The van der Waals surface area contributed by atoms with Gasteiger partial charge in [-0.15, -0.1) is 0 Å². The van der Waals surface area contributed by atoms with Gasteiger partial charge in [0.1, 0.15) is 11.8 Å². The molecule has 0 saturated heterocycles. The van der Waals surface area contributed by atoms with E-state index in [9.17, 15) is 29.4 Å². The highest BCUT2D eigenvalue weighted by atomic mass is 16.6. The second kappa shape index (κ2) is 12.2. The highest BCUT2D eigenvalue weighted by Gasteiger charge is 2.70. The molecular weight excluding hydrogens is 558 g/mol. The third kappa shape index (κ3) is 5.46. The quantitative estimate of drug-likeness (QED) is 0.174. The van der Waals surface area contributed by atoms with Crippen molar-refractivity contribution in [3.05, 3.63) is 35.1 Å². The number of hydrogen-bond acceptors (Lipinski definition) is 10. The van der Waals surface area contributed by atoms with Crippen LogP contribution in [-0.2, 0) is 40.5 Å². The van der Waals surface area contributed by atoms with Gasteiger partial charge in [-0.05, 0) is 82.0 Å². The molecule has 1 aromatic carbocycles. The third-order valence-electron chi connectivity index (χ3n) is 9.39. The Morgan fingerprint density at radius 1 is 1.23 bits per heavy atom. The van der Waals surface area contributed by atoms with Gasteiger partial charge in [0.25, 0.3) is 0 Å². The Balaban J connectivity index is 1.18. The van der Waals surface area contributed by atoms with Crippen molar-refractivity contribution in [3.63, 3.8) is 0 Å². The predicted molar refractivity (Wildman–Crippen MR) is 153 cm³/mol. The molecule has 1 heterocycles. The first-order chi connectivity index (χ1) is 20.5. The monoisotopic (exact) mass is 599 g/mol. The maximum atomic E-state index is 13.1. The zero-order valence-electron chi connectivity index (χ0n) is 24.6. The molecule has 234 valence electrons. The molecule has 3 aliphatic carbocycles. The van der Waals surface area contributed by atoms with E-state index in [1.165, 1.54) is 13.8 Å². The maximum Gasteiger partial charge on any atom is 0.352 e. The van der Waals surface area contributed by atoms with Gasteiger partial charge in [0.05, 0.1) is 17.4 Å². The number of unbranched alkanes of at least 4 members (excludes halogenated alkanes) is 1. The van der Waals surface area contributed by atoms with Crippen LogP contribution in [0.15, 0.2) is 24.0 Å². The van der Waals surface area contributed by atoms with Crippen molar-refractivity contribution < 1.29 is 43.6 Å². The Kier molecular flexibility index (Phi) is 8.71. The van der Waals surface area contributed by atoms with Crippen LogP contribution in [0.3, 0.4) is 0 Å². The summed E-state index contributed by atoms with van der Waals surface area (Å²) < 4.78 is 17.3. The summed E-state index contributed by atoms with van der Waals surface area (Å²) in [4.78, 5) is 49.5. The highest BCUT2D eigenvalue weighted by molar-refractivity contribution is 5.87. The number of carbonyl (C=O) groups excluding carboxylic acids is 4. The summed E-state index contributed by atoms with van der Waals surface area (Å²) >= 11 is 0. The molecule has 1 aliphatic heterocycles.